The molecule has 4 aromatic rings. The highest BCUT2D eigenvalue weighted by Gasteiger charge is 2.10. The van der Waals surface area contributed by atoms with E-state index in [1.807, 2.05) is 12.1 Å². The highest BCUT2D eigenvalue weighted by Crippen LogP contribution is 2.23. The Bertz CT molecular complexity index is 1330. The standard InChI is InChI=1S/C22H18Cl2N6O2/c23-16-7-6-14(10-17(16)24)11-27-22-28-12-18-20(29-22)30(19(31)13-26-18)9-8-25-21(32)15-4-2-1-3-5-15/h1-7,10,12-13H,8-9,11H2,(H,25,32)(H,27,28,29). The van der Waals surface area contributed by atoms with Gasteiger partial charge in [0.25, 0.3) is 11.5 Å². The van der Waals surface area contributed by atoms with E-state index in [-0.39, 0.29) is 24.6 Å². The quantitative estimate of drug-likeness (QED) is 0.430. The minimum absolute atomic E-state index is 0.212. The van der Waals surface area contributed by atoms with Crippen LogP contribution in [-0.2, 0) is 13.1 Å². The minimum Gasteiger partial charge on any atom is -0.350 e. The number of hydrogen-bond donors (Lipinski definition) is 2. The first-order valence-corrected chi connectivity index (χ1v) is 10.5. The van der Waals surface area contributed by atoms with Crippen molar-refractivity contribution in [1.82, 2.24) is 24.8 Å². The number of carbonyl (C=O) groups excluding carboxylic acids is 1. The van der Waals surface area contributed by atoms with E-state index in [2.05, 4.69) is 25.6 Å². The third-order valence-electron chi connectivity index (χ3n) is 4.68. The largest absolute Gasteiger partial charge is 0.350 e. The molecule has 0 unspecified atom stereocenters. The summed E-state index contributed by atoms with van der Waals surface area (Å²) in [5, 5.41) is 6.85. The lowest BCUT2D eigenvalue weighted by Gasteiger charge is -2.11. The molecular weight excluding hydrogens is 451 g/mol. The average Bonchev–Trinajstić information content (AvgIpc) is 2.81. The molecule has 32 heavy (non-hydrogen) atoms. The summed E-state index contributed by atoms with van der Waals surface area (Å²) in [6, 6.07) is 14.2. The summed E-state index contributed by atoms with van der Waals surface area (Å²) in [6.45, 7) is 0.905. The zero-order valence-electron chi connectivity index (χ0n) is 16.8. The number of anilines is 1. The van der Waals surface area contributed by atoms with Crippen molar-refractivity contribution in [3.63, 3.8) is 0 Å². The van der Waals surface area contributed by atoms with Crippen LogP contribution >= 0.6 is 23.2 Å². The first kappa shape index (κ1) is 21.7. The fourth-order valence-electron chi connectivity index (χ4n) is 3.06. The van der Waals surface area contributed by atoms with Gasteiger partial charge in [0.15, 0.2) is 5.65 Å². The second-order valence-electron chi connectivity index (χ2n) is 6.87. The van der Waals surface area contributed by atoms with Gasteiger partial charge in [-0.15, -0.1) is 0 Å². The van der Waals surface area contributed by atoms with Gasteiger partial charge in [-0.05, 0) is 29.8 Å². The van der Waals surface area contributed by atoms with Gasteiger partial charge in [0, 0.05) is 25.2 Å². The number of halogens is 2. The van der Waals surface area contributed by atoms with Gasteiger partial charge in [0.1, 0.15) is 5.52 Å². The molecule has 0 aliphatic rings. The second kappa shape index (κ2) is 9.76. The molecule has 2 heterocycles. The lowest BCUT2D eigenvalue weighted by atomic mass is 10.2. The number of rotatable bonds is 7. The van der Waals surface area contributed by atoms with Crippen molar-refractivity contribution in [1.29, 1.82) is 0 Å². The van der Waals surface area contributed by atoms with Gasteiger partial charge in [-0.3, -0.25) is 14.2 Å². The van der Waals surface area contributed by atoms with E-state index in [1.165, 1.54) is 17.0 Å². The Hall–Kier alpha value is -3.49. The third kappa shape index (κ3) is 5.04. The SMILES string of the molecule is O=C(NCCn1c(=O)cnc2cnc(NCc3ccc(Cl)c(Cl)c3)nc21)c1ccccc1. The van der Waals surface area contributed by atoms with Crippen LogP contribution in [-0.4, -0.2) is 32.0 Å². The Labute approximate surface area is 193 Å². The van der Waals surface area contributed by atoms with Crippen molar-refractivity contribution in [3.8, 4) is 0 Å². The van der Waals surface area contributed by atoms with Crippen LogP contribution in [0.2, 0.25) is 10.0 Å². The normalized spacial score (nSPS) is 10.8. The fraction of sp³-hybridized carbons (Fsp3) is 0.136. The molecule has 0 bridgehead atoms. The second-order valence-corrected chi connectivity index (χ2v) is 7.69. The van der Waals surface area contributed by atoms with Crippen molar-refractivity contribution in [2.75, 3.05) is 11.9 Å². The predicted octanol–water partition coefficient (Wildman–Crippen LogP) is 3.54. The number of fused-ring (bicyclic) bond motifs is 1. The van der Waals surface area contributed by atoms with E-state index in [4.69, 9.17) is 23.2 Å². The smallest absolute Gasteiger partial charge is 0.270 e. The van der Waals surface area contributed by atoms with Crippen LogP contribution < -0.4 is 16.2 Å². The molecule has 0 saturated heterocycles. The van der Waals surface area contributed by atoms with Crippen LogP contribution in [0.4, 0.5) is 5.95 Å². The fourth-order valence-corrected chi connectivity index (χ4v) is 3.38. The van der Waals surface area contributed by atoms with Gasteiger partial charge in [-0.2, -0.15) is 4.98 Å². The first-order chi connectivity index (χ1) is 15.5. The maximum Gasteiger partial charge on any atom is 0.270 e. The maximum atomic E-state index is 12.4. The van der Waals surface area contributed by atoms with E-state index in [1.54, 1.807) is 36.4 Å². The van der Waals surface area contributed by atoms with Crippen LogP contribution in [0, 0.1) is 0 Å². The summed E-state index contributed by atoms with van der Waals surface area (Å²) in [4.78, 5) is 37.5. The Balaban J connectivity index is 1.49. The predicted molar refractivity (Wildman–Crippen MR) is 124 cm³/mol. The van der Waals surface area contributed by atoms with Gasteiger partial charge in [0.2, 0.25) is 5.95 Å². The summed E-state index contributed by atoms with van der Waals surface area (Å²) in [5.41, 5.74) is 1.98. The molecule has 2 N–H and O–H groups in total. The Kier molecular flexibility index (Phi) is 6.63. The van der Waals surface area contributed by atoms with E-state index in [9.17, 15) is 9.59 Å². The first-order valence-electron chi connectivity index (χ1n) is 9.75. The average molecular weight is 469 g/mol. The minimum atomic E-state index is -0.319. The Morgan fingerprint density at radius 1 is 1.00 bits per heavy atom. The molecule has 0 radical (unpaired) electrons. The molecule has 0 fully saturated rings. The molecule has 0 saturated carbocycles. The summed E-state index contributed by atoms with van der Waals surface area (Å²) in [6.07, 6.45) is 2.76. The van der Waals surface area contributed by atoms with Gasteiger partial charge >= 0.3 is 0 Å². The van der Waals surface area contributed by atoms with E-state index in [0.717, 1.165) is 5.56 Å². The number of nitrogens with zero attached hydrogens (tertiary/aromatic N) is 4. The zero-order valence-corrected chi connectivity index (χ0v) is 18.3. The molecule has 10 heteroatoms. The highest BCUT2D eigenvalue weighted by molar-refractivity contribution is 6.42. The number of carbonyl (C=O) groups is 1. The Morgan fingerprint density at radius 2 is 1.81 bits per heavy atom. The van der Waals surface area contributed by atoms with Crippen LogP contribution in [0.5, 0.6) is 0 Å². The van der Waals surface area contributed by atoms with Crippen LogP contribution in [0.1, 0.15) is 15.9 Å². The van der Waals surface area contributed by atoms with Crippen molar-refractivity contribution in [2.24, 2.45) is 0 Å². The highest BCUT2D eigenvalue weighted by atomic mass is 35.5. The topological polar surface area (TPSA) is 102 Å². The van der Waals surface area contributed by atoms with Crippen LogP contribution in [0.25, 0.3) is 11.2 Å². The van der Waals surface area contributed by atoms with Crippen molar-refractivity contribution < 1.29 is 4.79 Å². The molecule has 8 nitrogen and oxygen atoms in total. The number of nitrogens with one attached hydrogen (secondary N) is 2. The molecule has 0 aliphatic heterocycles. The summed E-state index contributed by atoms with van der Waals surface area (Å²) >= 11 is 12.0. The number of amides is 1. The van der Waals surface area contributed by atoms with E-state index >= 15 is 0 Å². The molecular formula is C22H18Cl2N6O2. The number of aromatic nitrogens is 4. The summed E-state index contributed by atoms with van der Waals surface area (Å²) < 4.78 is 1.46. The van der Waals surface area contributed by atoms with Gasteiger partial charge in [0.05, 0.1) is 22.4 Å². The summed E-state index contributed by atoms with van der Waals surface area (Å²) in [5.74, 6) is 0.119. The maximum absolute atomic E-state index is 12.4. The molecule has 0 aliphatic carbocycles. The molecule has 2 aromatic carbocycles. The molecule has 2 aromatic heterocycles. The van der Waals surface area contributed by atoms with Crippen molar-refractivity contribution >= 4 is 46.2 Å². The monoisotopic (exact) mass is 468 g/mol. The molecule has 0 atom stereocenters. The lowest BCUT2D eigenvalue weighted by molar-refractivity contribution is 0.0952. The van der Waals surface area contributed by atoms with E-state index in [0.29, 0.717) is 39.3 Å². The molecule has 0 spiro atoms. The van der Waals surface area contributed by atoms with E-state index < -0.39 is 0 Å². The lowest BCUT2D eigenvalue weighted by Crippen LogP contribution is -2.31. The zero-order chi connectivity index (χ0) is 22.5. The summed E-state index contributed by atoms with van der Waals surface area (Å²) in [7, 11) is 0. The molecule has 162 valence electrons. The third-order valence-corrected chi connectivity index (χ3v) is 5.42. The van der Waals surface area contributed by atoms with Crippen molar-refractivity contribution in [2.45, 2.75) is 13.1 Å². The number of hydrogen-bond acceptors (Lipinski definition) is 6. The number of benzene rings is 2. The van der Waals surface area contributed by atoms with Gasteiger partial charge in [-0.25, -0.2) is 9.97 Å². The van der Waals surface area contributed by atoms with Gasteiger partial charge in [-0.1, -0.05) is 47.5 Å². The van der Waals surface area contributed by atoms with Gasteiger partial charge < -0.3 is 10.6 Å². The van der Waals surface area contributed by atoms with Crippen LogP contribution in [0.15, 0.2) is 65.7 Å². The Morgan fingerprint density at radius 3 is 2.59 bits per heavy atom. The van der Waals surface area contributed by atoms with Crippen molar-refractivity contribution in [3.05, 3.63) is 92.5 Å². The molecule has 4 rings (SSSR count). The van der Waals surface area contributed by atoms with Crippen LogP contribution in [0.3, 0.4) is 0 Å². The molecule has 1 amide bonds.